The molecule has 1 aliphatic rings. The summed E-state index contributed by atoms with van der Waals surface area (Å²) >= 11 is 0. The number of hydrogen-bond donors (Lipinski definition) is 0. The molecule has 1 aliphatic carbocycles. The maximum atomic E-state index is 3.86. The van der Waals surface area contributed by atoms with Crippen LogP contribution in [0.3, 0.4) is 0 Å². The molecule has 0 heteroatoms. The summed E-state index contributed by atoms with van der Waals surface area (Å²) in [5.41, 5.74) is 5.53. The Morgan fingerprint density at radius 1 is 1.23 bits per heavy atom. The molecule has 0 radical (unpaired) electrons. The van der Waals surface area contributed by atoms with Crippen LogP contribution in [-0.4, -0.2) is 0 Å². The van der Waals surface area contributed by atoms with Crippen molar-refractivity contribution in [2.24, 2.45) is 0 Å². The van der Waals surface area contributed by atoms with Gasteiger partial charge in [0.25, 0.3) is 0 Å². The molecular formula is C13H14. The van der Waals surface area contributed by atoms with E-state index in [1.54, 1.807) is 5.57 Å². The van der Waals surface area contributed by atoms with E-state index in [-0.39, 0.29) is 0 Å². The second-order valence-corrected chi connectivity index (χ2v) is 3.59. The summed E-state index contributed by atoms with van der Waals surface area (Å²) in [6.45, 7) is 5.98. The van der Waals surface area contributed by atoms with Crippen molar-refractivity contribution in [3.63, 3.8) is 0 Å². The first-order chi connectivity index (χ1) is 6.31. The van der Waals surface area contributed by atoms with Gasteiger partial charge in [0.1, 0.15) is 0 Å². The third-order valence-electron chi connectivity index (χ3n) is 2.45. The van der Waals surface area contributed by atoms with E-state index in [1.807, 2.05) is 6.08 Å². The van der Waals surface area contributed by atoms with Gasteiger partial charge >= 0.3 is 0 Å². The van der Waals surface area contributed by atoms with Crippen LogP contribution in [0.15, 0.2) is 42.5 Å². The average molecular weight is 170 g/mol. The molecule has 1 saturated carbocycles. The van der Waals surface area contributed by atoms with E-state index in [4.69, 9.17) is 0 Å². The molecule has 13 heavy (non-hydrogen) atoms. The van der Waals surface area contributed by atoms with Gasteiger partial charge in [0.2, 0.25) is 0 Å². The molecule has 0 saturated heterocycles. The molecule has 0 unspecified atom stereocenters. The first-order valence-corrected chi connectivity index (χ1v) is 4.73. The van der Waals surface area contributed by atoms with E-state index in [1.165, 1.54) is 29.5 Å². The van der Waals surface area contributed by atoms with Gasteiger partial charge in [-0.05, 0) is 30.9 Å². The second-order valence-electron chi connectivity index (χ2n) is 3.59. The first kappa shape index (κ1) is 8.31. The van der Waals surface area contributed by atoms with Crippen LogP contribution in [0.5, 0.6) is 0 Å². The van der Waals surface area contributed by atoms with E-state index in [0.717, 1.165) is 0 Å². The van der Waals surface area contributed by atoms with Crippen LogP contribution in [-0.2, 0) is 0 Å². The van der Waals surface area contributed by atoms with Crippen LogP contribution in [0, 0.1) is 6.92 Å². The number of aryl methyl sites for hydroxylation is 1. The average Bonchev–Trinajstić information content (AvgIpc) is 2.93. The normalized spacial score (nSPS) is 14.1. The maximum absolute atomic E-state index is 3.86. The molecule has 66 valence electrons. The smallest absolute Gasteiger partial charge is 0.0185 e. The molecule has 0 aromatic heterocycles. The third kappa shape index (κ3) is 1.72. The Bertz CT molecular complexity index is 346. The minimum atomic E-state index is 1.26. The van der Waals surface area contributed by atoms with Crippen LogP contribution in [0.4, 0.5) is 0 Å². The summed E-state index contributed by atoms with van der Waals surface area (Å²) < 4.78 is 0. The summed E-state index contributed by atoms with van der Waals surface area (Å²) in [7, 11) is 0. The Morgan fingerprint density at radius 2 is 1.85 bits per heavy atom. The summed E-state index contributed by atoms with van der Waals surface area (Å²) in [5, 5.41) is 0. The molecule has 1 aromatic carbocycles. The van der Waals surface area contributed by atoms with Crippen molar-refractivity contribution >= 4 is 5.57 Å². The highest BCUT2D eigenvalue weighted by Gasteiger charge is 2.16. The lowest BCUT2D eigenvalue weighted by molar-refractivity contribution is 1.45. The zero-order valence-electron chi connectivity index (χ0n) is 8.01. The lowest BCUT2D eigenvalue weighted by Crippen LogP contribution is -1.80. The predicted molar refractivity (Wildman–Crippen MR) is 57.5 cm³/mol. The molecule has 2 rings (SSSR count). The zero-order chi connectivity index (χ0) is 9.26. The number of rotatable bonds is 2. The molecule has 1 aromatic rings. The van der Waals surface area contributed by atoms with Gasteiger partial charge in [-0.2, -0.15) is 0 Å². The van der Waals surface area contributed by atoms with Crippen molar-refractivity contribution in [3.05, 3.63) is 53.6 Å². The van der Waals surface area contributed by atoms with E-state index in [0.29, 0.717) is 0 Å². The molecule has 1 fully saturated rings. The van der Waals surface area contributed by atoms with Crippen LogP contribution >= 0.6 is 0 Å². The highest BCUT2D eigenvalue weighted by molar-refractivity contribution is 5.78. The fraction of sp³-hybridized carbons (Fsp3) is 0.231. The number of benzene rings is 1. The fourth-order valence-electron chi connectivity index (χ4n) is 1.53. The quantitative estimate of drug-likeness (QED) is 0.634. The van der Waals surface area contributed by atoms with Crippen molar-refractivity contribution in [2.45, 2.75) is 19.8 Å². The van der Waals surface area contributed by atoms with Crippen LogP contribution < -0.4 is 0 Å². The first-order valence-electron chi connectivity index (χ1n) is 4.73. The van der Waals surface area contributed by atoms with E-state index >= 15 is 0 Å². The van der Waals surface area contributed by atoms with Gasteiger partial charge in [-0.1, -0.05) is 48.1 Å². The minimum Gasteiger partial charge on any atom is -0.0984 e. The highest BCUT2D eigenvalue weighted by Crippen LogP contribution is 2.36. The van der Waals surface area contributed by atoms with Crippen molar-refractivity contribution in [1.82, 2.24) is 0 Å². The number of allylic oxidation sites excluding steroid dienone is 3. The Kier molecular flexibility index (Phi) is 2.05. The van der Waals surface area contributed by atoms with Crippen LogP contribution in [0.25, 0.3) is 5.57 Å². The largest absolute Gasteiger partial charge is 0.0984 e. The molecule has 0 aliphatic heterocycles. The molecule has 0 heterocycles. The highest BCUT2D eigenvalue weighted by atomic mass is 14.2. The van der Waals surface area contributed by atoms with Gasteiger partial charge in [0, 0.05) is 0 Å². The van der Waals surface area contributed by atoms with Crippen molar-refractivity contribution < 1.29 is 0 Å². The second kappa shape index (κ2) is 3.21. The van der Waals surface area contributed by atoms with E-state index < -0.39 is 0 Å². The van der Waals surface area contributed by atoms with E-state index in [9.17, 15) is 0 Å². The molecule has 0 bridgehead atoms. The summed E-state index contributed by atoms with van der Waals surface area (Å²) in [6, 6.07) is 8.67. The topological polar surface area (TPSA) is 0 Å². The van der Waals surface area contributed by atoms with Gasteiger partial charge < -0.3 is 0 Å². The van der Waals surface area contributed by atoms with Crippen LogP contribution in [0.2, 0.25) is 0 Å². The monoisotopic (exact) mass is 170 g/mol. The Hall–Kier alpha value is -1.30. The van der Waals surface area contributed by atoms with Gasteiger partial charge in [0.05, 0.1) is 0 Å². The maximum Gasteiger partial charge on any atom is -0.0185 e. The molecule has 0 N–H and O–H groups in total. The van der Waals surface area contributed by atoms with E-state index in [2.05, 4.69) is 37.8 Å². The Morgan fingerprint density at radius 3 is 2.31 bits per heavy atom. The van der Waals surface area contributed by atoms with Crippen molar-refractivity contribution in [2.75, 3.05) is 0 Å². The Labute approximate surface area is 79.6 Å². The number of hydrogen-bond acceptors (Lipinski definition) is 0. The van der Waals surface area contributed by atoms with Crippen molar-refractivity contribution in [3.8, 4) is 0 Å². The van der Waals surface area contributed by atoms with Gasteiger partial charge in [-0.3, -0.25) is 0 Å². The molecule has 0 amide bonds. The van der Waals surface area contributed by atoms with Gasteiger partial charge in [-0.25, -0.2) is 0 Å². The van der Waals surface area contributed by atoms with Gasteiger partial charge in [-0.15, -0.1) is 0 Å². The SMILES string of the molecule is C=CC(=C1CC1)c1ccc(C)cc1. The third-order valence-corrected chi connectivity index (χ3v) is 2.45. The summed E-state index contributed by atoms with van der Waals surface area (Å²) in [6.07, 6.45) is 4.50. The molecule has 0 atom stereocenters. The molecule has 0 spiro atoms. The lowest BCUT2D eigenvalue weighted by atomic mass is 10.0. The zero-order valence-corrected chi connectivity index (χ0v) is 8.01. The van der Waals surface area contributed by atoms with Crippen LogP contribution in [0.1, 0.15) is 24.0 Å². The lowest BCUT2D eigenvalue weighted by Gasteiger charge is -2.01. The molecular weight excluding hydrogens is 156 g/mol. The Balaban J connectivity index is 2.39. The standard InChI is InChI=1S/C13H14/c1-3-13(12-8-9-12)11-6-4-10(2)5-7-11/h3-7H,1,8-9H2,2H3. The van der Waals surface area contributed by atoms with Gasteiger partial charge in [0.15, 0.2) is 0 Å². The fourth-order valence-corrected chi connectivity index (χ4v) is 1.53. The summed E-state index contributed by atoms with van der Waals surface area (Å²) in [4.78, 5) is 0. The summed E-state index contributed by atoms with van der Waals surface area (Å²) in [5.74, 6) is 0. The minimum absolute atomic E-state index is 1.26. The predicted octanol–water partition coefficient (Wildman–Crippen LogP) is 3.73. The molecule has 0 nitrogen and oxygen atoms in total. The van der Waals surface area contributed by atoms with Crippen molar-refractivity contribution in [1.29, 1.82) is 0 Å².